The van der Waals surface area contributed by atoms with E-state index in [1.165, 1.54) is 57.1 Å². The van der Waals surface area contributed by atoms with E-state index in [1.807, 2.05) is 0 Å². The Kier molecular flexibility index (Phi) is 3.42. The van der Waals surface area contributed by atoms with Gasteiger partial charge < -0.3 is 9.88 Å². The Morgan fingerprint density at radius 2 is 2.06 bits per heavy atom. The largest absolute Gasteiger partial charge is 0.327 e. The molecule has 1 aliphatic carbocycles. The van der Waals surface area contributed by atoms with Crippen molar-refractivity contribution in [3.63, 3.8) is 0 Å². The molecule has 0 spiro atoms. The van der Waals surface area contributed by atoms with Gasteiger partial charge in [-0.05, 0) is 39.2 Å². The molecule has 0 bridgehead atoms. The van der Waals surface area contributed by atoms with Crippen LogP contribution in [0.25, 0.3) is 0 Å². The fourth-order valence-electron chi connectivity index (χ4n) is 3.67. The SMILES string of the molecule is CC1(n2cncc2C2CCCCN2)CCCCC1. The minimum absolute atomic E-state index is 0.309. The average molecular weight is 247 g/mol. The number of rotatable bonds is 2. The van der Waals surface area contributed by atoms with E-state index in [0.29, 0.717) is 11.6 Å². The summed E-state index contributed by atoms with van der Waals surface area (Å²) in [6.07, 6.45) is 14.8. The van der Waals surface area contributed by atoms with Gasteiger partial charge in [0, 0.05) is 17.8 Å². The maximum Gasteiger partial charge on any atom is 0.0953 e. The lowest BCUT2D eigenvalue weighted by Gasteiger charge is -2.38. The van der Waals surface area contributed by atoms with E-state index in [9.17, 15) is 0 Å². The smallest absolute Gasteiger partial charge is 0.0953 e. The van der Waals surface area contributed by atoms with Crippen LogP contribution in [0.1, 0.15) is 70.0 Å². The van der Waals surface area contributed by atoms with Gasteiger partial charge in [-0.3, -0.25) is 0 Å². The van der Waals surface area contributed by atoms with Crippen molar-refractivity contribution in [3.05, 3.63) is 18.2 Å². The molecule has 1 saturated carbocycles. The number of nitrogens with zero attached hydrogens (tertiary/aromatic N) is 2. The van der Waals surface area contributed by atoms with Gasteiger partial charge in [-0.25, -0.2) is 4.98 Å². The summed E-state index contributed by atoms with van der Waals surface area (Å²) < 4.78 is 2.48. The summed E-state index contributed by atoms with van der Waals surface area (Å²) in [6, 6.07) is 0.528. The topological polar surface area (TPSA) is 29.9 Å². The minimum Gasteiger partial charge on any atom is -0.327 e. The number of hydrogen-bond donors (Lipinski definition) is 1. The van der Waals surface area contributed by atoms with Gasteiger partial charge in [0.05, 0.1) is 12.0 Å². The lowest BCUT2D eigenvalue weighted by atomic mass is 9.82. The molecule has 3 heteroatoms. The summed E-state index contributed by atoms with van der Waals surface area (Å²) in [5.41, 5.74) is 1.72. The van der Waals surface area contributed by atoms with Gasteiger partial charge in [-0.1, -0.05) is 25.7 Å². The number of imidazole rings is 1. The van der Waals surface area contributed by atoms with Crippen molar-refractivity contribution < 1.29 is 0 Å². The van der Waals surface area contributed by atoms with Crippen LogP contribution in [0, 0.1) is 0 Å². The molecule has 3 rings (SSSR count). The molecule has 100 valence electrons. The van der Waals surface area contributed by atoms with Crippen molar-refractivity contribution >= 4 is 0 Å². The molecule has 1 aromatic heterocycles. The van der Waals surface area contributed by atoms with Crippen molar-refractivity contribution in [2.75, 3.05) is 6.54 Å². The molecule has 0 radical (unpaired) electrons. The second-order valence-corrected chi connectivity index (χ2v) is 6.25. The maximum atomic E-state index is 4.44. The first-order valence-corrected chi connectivity index (χ1v) is 7.56. The van der Waals surface area contributed by atoms with Crippen molar-refractivity contribution in [2.24, 2.45) is 0 Å². The highest BCUT2D eigenvalue weighted by molar-refractivity contribution is 5.10. The third-order valence-electron chi connectivity index (χ3n) is 4.85. The molecule has 3 nitrogen and oxygen atoms in total. The summed E-state index contributed by atoms with van der Waals surface area (Å²) in [4.78, 5) is 4.44. The van der Waals surface area contributed by atoms with Gasteiger partial charge in [0.2, 0.25) is 0 Å². The Labute approximate surface area is 110 Å². The van der Waals surface area contributed by atoms with Crippen LogP contribution in [0.3, 0.4) is 0 Å². The Bertz CT molecular complexity index is 384. The highest BCUT2D eigenvalue weighted by atomic mass is 15.1. The molecule has 1 unspecified atom stereocenters. The summed E-state index contributed by atoms with van der Waals surface area (Å²) >= 11 is 0. The first-order valence-electron chi connectivity index (χ1n) is 7.56. The molecular weight excluding hydrogens is 222 g/mol. The third-order valence-corrected chi connectivity index (χ3v) is 4.85. The predicted molar refractivity (Wildman–Crippen MR) is 73.6 cm³/mol. The van der Waals surface area contributed by atoms with Gasteiger partial charge >= 0.3 is 0 Å². The van der Waals surface area contributed by atoms with E-state index in [2.05, 4.69) is 34.3 Å². The minimum atomic E-state index is 0.309. The summed E-state index contributed by atoms with van der Waals surface area (Å²) in [6.45, 7) is 3.58. The standard InChI is InChI=1S/C15H25N3/c1-15(8-4-2-5-9-15)18-12-16-11-14(18)13-7-3-6-10-17-13/h11-13,17H,2-10H2,1H3. The fourth-order valence-corrected chi connectivity index (χ4v) is 3.67. The van der Waals surface area contributed by atoms with Crippen LogP contribution < -0.4 is 5.32 Å². The Morgan fingerprint density at radius 3 is 2.78 bits per heavy atom. The van der Waals surface area contributed by atoms with E-state index < -0.39 is 0 Å². The van der Waals surface area contributed by atoms with E-state index in [4.69, 9.17) is 0 Å². The van der Waals surface area contributed by atoms with Gasteiger partial charge in [0.25, 0.3) is 0 Å². The maximum absolute atomic E-state index is 4.44. The molecule has 1 aliphatic heterocycles. The van der Waals surface area contributed by atoms with Gasteiger partial charge in [0.1, 0.15) is 0 Å². The second kappa shape index (κ2) is 5.04. The Hall–Kier alpha value is -0.830. The number of aromatic nitrogens is 2. The molecule has 0 aromatic carbocycles. The molecule has 2 aliphatic rings. The van der Waals surface area contributed by atoms with Crippen molar-refractivity contribution in [3.8, 4) is 0 Å². The van der Waals surface area contributed by atoms with Crippen molar-refractivity contribution in [1.29, 1.82) is 0 Å². The lowest BCUT2D eigenvalue weighted by Crippen LogP contribution is -2.36. The van der Waals surface area contributed by atoms with Crippen LogP contribution >= 0.6 is 0 Å². The zero-order chi connectivity index (χ0) is 12.4. The highest BCUT2D eigenvalue weighted by Crippen LogP contribution is 2.37. The molecule has 1 aromatic rings. The van der Waals surface area contributed by atoms with Crippen LogP contribution in [0.2, 0.25) is 0 Å². The van der Waals surface area contributed by atoms with Crippen LogP contribution in [-0.2, 0) is 5.54 Å². The summed E-state index contributed by atoms with van der Waals surface area (Å²) in [5.74, 6) is 0. The number of hydrogen-bond acceptors (Lipinski definition) is 2. The van der Waals surface area contributed by atoms with Gasteiger partial charge in [-0.15, -0.1) is 0 Å². The van der Waals surface area contributed by atoms with Crippen LogP contribution in [0.4, 0.5) is 0 Å². The van der Waals surface area contributed by atoms with Crippen molar-refractivity contribution in [2.45, 2.75) is 69.9 Å². The number of nitrogens with one attached hydrogen (secondary N) is 1. The van der Waals surface area contributed by atoms with Gasteiger partial charge in [0.15, 0.2) is 0 Å². The summed E-state index contributed by atoms with van der Waals surface area (Å²) in [7, 11) is 0. The van der Waals surface area contributed by atoms with Crippen molar-refractivity contribution in [1.82, 2.24) is 14.9 Å². The number of piperidine rings is 1. The zero-order valence-corrected chi connectivity index (χ0v) is 11.5. The van der Waals surface area contributed by atoms with E-state index in [1.54, 1.807) is 0 Å². The van der Waals surface area contributed by atoms with E-state index in [0.717, 1.165) is 6.54 Å². The molecule has 18 heavy (non-hydrogen) atoms. The molecule has 1 saturated heterocycles. The highest BCUT2D eigenvalue weighted by Gasteiger charge is 2.32. The summed E-state index contributed by atoms with van der Waals surface area (Å²) in [5, 5.41) is 3.66. The quantitative estimate of drug-likeness (QED) is 0.868. The van der Waals surface area contributed by atoms with Gasteiger partial charge in [-0.2, -0.15) is 0 Å². The lowest BCUT2D eigenvalue weighted by molar-refractivity contribution is 0.206. The Morgan fingerprint density at radius 1 is 1.22 bits per heavy atom. The molecule has 0 amide bonds. The normalized spacial score (nSPS) is 28.2. The zero-order valence-electron chi connectivity index (χ0n) is 11.5. The fraction of sp³-hybridized carbons (Fsp3) is 0.800. The van der Waals surface area contributed by atoms with E-state index >= 15 is 0 Å². The molecule has 2 fully saturated rings. The van der Waals surface area contributed by atoms with Crippen LogP contribution in [0.15, 0.2) is 12.5 Å². The monoisotopic (exact) mass is 247 g/mol. The predicted octanol–water partition coefficient (Wildman–Crippen LogP) is 3.38. The molecular formula is C15H25N3. The van der Waals surface area contributed by atoms with Crippen LogP contribution in [0.5, 0.6) is 0 Å². The van der Waals surface area contributed by atoms with Crippen LogP contribution in [-0.4, -0.2) is 16.1 Å². The average Bonchev–Trinajstić information content (AvgIpc) is 2.91. The molecule has 1 atom stereocenters. The molecule has 1 N–H and O–H groups in total. The Balaban J connectivity index is 1.85. The molecule has 2 heterocycles. The second-order valence-electron chi connectivity index (χ2n) is 6.25. The third kappa shape index (κ3) is 2.20. The first-order chi connectivity index (χ1) is 8.80. The van der Waals surface area contributed by atoms with E-state index in [-0.39, 0.29) is 0 Å². The first kappa shape index (κ1) is 12.2.